The molecule has 194 valence electrons. The fourth-order valence-electron chi connectivity index (χ4n) is 4.38. The number of nitrogens with one attached hydrogen (secondary N) is 2. The number of methoxy groups -OCH3 is 1. The Labute approximate surface area is 213 Å². The highest BCUT2D eigenvalue weighted by Gasteiger charge is 2.42. The van der Waals surface area contributed by atoms with E-state index in [1.165, 1.54) is 0 Å². The summed E-state index contributed by atoms with van der Waals surface area (Å²) in [6.07, 6.45) is 7.20. The summed E-state index contributed by atoms with van der Waals surface area (Å²) >= 11 is 0. The van der Waals surface area contributed by atoms with E-state index >= 15 is 0 Å². The topological polar surface area (TPSA) is 118 Å². The third kappa shape index (κ3) is 7.56. The Balaban J connectivity index is 1.64. The molecule has 1 aliphatic carbocycles. The van der Waals surface area contributed by atoms with Crippen molar-refractivity contribution in [3.8, 4) is 17.2 Å². The molecule has 2 amide bonds. The Morgan fingerprint density at radius 2 is 1.86 bits per heavy atom. The Hall–Kier alpha value is -3.38. The van der Waals surface area contributed by atoms with E-state index in [2.05, 4.69) is 21.8 Å². The lowest BCUT2D eigenvalue weighted by molar-refractivity contribution is -0.129. The van der Waals surface area contributed by atoms with E-state index in [9.17, 15) is 14.9 Å². The van der Waals surface area contributed by atoms with Crippen LogP contribution in [-0.2, 0) is 27.2 Å². The van der Waals surface area contributed by atoms with Gasteiger partial charge in [0.1, 0.15) is 17.2 Å². The summed E-state index contributed by atoms with van der Waals surface area (Å²) in [5, 5.41) is 19.8. The van der Waals surface area contributed by atoms with Crippen molar-refractivity contribution in [2.75, 3.05) is 13.7 Å². The number of alkyl carbamates (subject to hydrolysis) is 1. The van der Waals surface area contributed by atoms with Crippen LogP contribution in [0.3, 0.4) is 0 Å². The summed E-state index contributed by atoms with van der Waals surface area (Å²) in [6, 6.07) is 9.34. The number of amides is 2. The van der Waals surface area contributed by atoms with Gasteiger partial charge in [-0.2, -0.15) is 10.4 Å². The fraction of sp³-hybridized carbons (Fsp3) is 0.556. The number of aromatic nitrogens is 2. The van der Waals surface area contributed by atoms with Crippen molar-refractivity contribution in [2.45, 2.75) is 83.0 Å². The molecule has 0 bridgehead atoms. The minimum atomic E-state index is -1.07. The van der Waals surface area contributed by atoms with Gasteiger partial charge in [-0.15, -0.1) is 0 Å². The third-order valence-corrected chi connectivity index (χ3v) is 6.23. The molecule has 1 fully saturated rings. The van der Waals surface area contributed by atoms with Gasteiger partial charge in [0.2, 0.25) is 5.91 Å². The molecule has 0 radical (unpaired) electrons. The van der Waals surface area contributed by atoms with Crippen LogP contribution in [0.1, 0.15) is 58.4 Å². The Morgan fingerprint density at radius 3 is 2.47 bits per heavy atom. The lowest BCUT2D eigenvalue weighted by Crippen LogP contribution is -2.61. The van der Waals surface area contributed by atoms with Crippen molar-refractivity contribution in [1.82, 2.24) is 20.4 Å². The molecule has 1 unspecified atom stereocenters. The summed E-state index contributed by atoms with van der Waals surface area (Å²) in [7, 11) is 1.66. The quantitative estimate of drug-likeness (QED) is 0.543. The molecule has 1 aromatic carbocycles. The van der Waals surface area contributed by atoms with Gasteiger partial charge in [0.25, 0.3) is 0 Å². The third-order valence-electron chi connectivity index (χ3n) is 6.23. The zero-order valence-corrected chi connectivity index (χ0v) is 21.7. The summed E-state index contributed by atoms with van der Waals surface area (Å²) in [4.78, 5) is 25.8. The molecule has 0 aliphatic heterocycles. The van der Waals surface area contributed by atoms with Crippen molar-refractivity contribution in [1.29, 1.82) is 5.26 Å². The highest BCUT2D eigenvalue weighted by atomic mass is 16.6. The van der Waals surface area contributed by atoms with E-state index < -0.39 is 23.3 Å². The van der Waals surface area contributed by atoms with Gasteiger partial charge < -0.3 is 20.1 Å². The predicted molar refractivity (Wildman–Crippen MR) is 136 cm³/mol. The normalized spacial score (nSPS) is 16.0. The fourth-order valence-corrected chi connectivity index (χ4v) is 4.38. The van der Waals surface area contributed by atoms with Crippen molar-refractivity contribution in [3.05, 3.63) is 42.2 Å². The van der Waals surface area contributed by atoms with E-state index in [-0.39, 0.29) is 5.91 Å². The van der Waals surface area contributed by atoms with Gasteiger partial charge in [-0.1, -0.05) is 43.5 Å². The molecule has 2 N–H and O–H groups in total. The van der Waals surface area contributed by atoms with Gasteiger partial charge in [0.05, 0.1) is 25.4 Å². The number of nitriles is 1. The zero-order valence-electron chi connectivity index (χ0n) is 21.7. The largest absolute Gasteiger partial charge is 0.444 e. The van der Waals surface area contributed by atoms with Crippen LogP contribution < -0.4 is 10.6 Å². The van der Waals surface area contributed by atoms with Crippen LogP contribution in [-0.4, -0.2) is 52.7 Å². The summed E-state index contributed by atoms with van der Waals surface area (Å²) < 4.78 is 12.3. The highest BCUT2D eigenvalue weighted by molar-refractivity contribution is 5.90. The number of hydrogen-bond donors (Lipinski definition) is 2. The molecule has 1 aliphatic rings. The summed E-state index contributed by atoms with van der Waals surface area (Å²) in [6.45, 7) is 6.62. The molecule has 1 aromatic heterocycles. The van der Waals surface area contributed by atoms with E-state index in [4.69, 9.17) is 9.47 Å². The van der Waals surface area contributed by atoms with Gasteiger partial charge in [-0.3, -0.25) is 9.48 Å². The second-order valence-corrected chi connectivity index (χ2v) is 10.3. The van der Waals surface area contributed by atoms with Crippen molar-refractivity contribution in [3.63, 3.8) is 0 Å². The van der Waals surface area contributed by atoms with Crippen LogP contribution in [0.4, 0.5) is 4.79 Å². The SMILES string of the molecule is COCCn1cc(-c2ccc(CC(C#N)NC(=O)C3(NC(=O)OC(C)(C)C)CCCCC3)cc2)cn1. The molecular weight excluding hydrogens is 458 g/mol. The maximum Gasteiger partial charge on any atom is 0.408 e. The smallest absolute Gasteiger partial charge is 0.408 e. The number of ether oxygens (including phenoxy) is 2. The molecule has 1 heterocycles. The van der Waals surface area contributed by atoms with Crippen LogP contribution in [0.25, 0.3) is 11.1 Å². The van der Waals surface area contributed by atoms with Gasteiger partial charge in [-0.25, -0.2) is 4.79 Å². The van der Waals surface area contributed by atoms with Crippen LogP contribution in [0.5, 0.6) is 0 Å². The molecule has 36 heavy (non-hydrogen) atoms. The minimum absolute atomic E-state index is 0.334. The average molecular weight is 496 g/mol. The molecule has 3 rings (SSSR count). The first-order valence-corrected chi connectivity index (χ1v) is 12.5. The number of hydrogen-bond acceptors (Lipinski definition) is 6. The average Bonchev–Trinajstić information content (AvgIpc) is 3.31. The van der Waals surface area contributed by atoms with Crippen molar-refractivity contribution in [2.24, 2.45) is 0 Å². The van der Waals surface area contributed by atoms with Gasteiger partial charge in [0.15, 0.2) is 0 Å². The first kappa shape index (κ1) is 27.2. The van der Waals surface area contributed by atoms with Crippen LogP contribution in [0.15, 0.2) is 36.7 Å². The van der Waals surface area contributed by atoms with E-state index in [1.807, 2.05) is 41.3 Å². The Kier molecular flexibility index (Phi) is 9.10. The molecule has 9 nitrogen and oxygen atoms in total. The number of nitrogens with zero attached hydrogens (tertiary/aromatic N) is 3. The predicted octanol–water partition coefficient (Wildman–Crippen LogP) is 3.97. The molecular formula is C27H37N5O4. The van der Waals surface area contributed by atoms with Gasteiger partial charge >= 0.3 is 6.09 Å². The molecule has 1 saturated carbocycles. The maximum atomic E-state index is 13.3. The molecule has 9 heteroatoms. The lowest BCUT2D eigenvalue weighted by Gasteiger charge is -2.37. The molecule has 0 saturated heterocycles. The minimum Gasteiger partial charge on any atom is -0.444 e. The first-order valence-electron chi connectivity index (χ1n) is 12.5. The van der Waals surface area contributed by atoms with Crippen LogP contribution in [0.2, 0.25) is 0 Å². The number of rotatable bonds is 9. The number of carbonyl (C=O) groups is 2. The summed E-state index contributed by atoms with van der Waals surface area (Å²) in [5.74, 6) is -0.334. The highest BCUT2D eigenvalue weighted by Crippen LogP contribution is 2.29. The second kappa shape index (κ2) is 12.0. The van der Waals surface area contributed by atoms with Crippen LogP contribution in [0, 0.1) is 11.3 Å². The van der Waals surface area contributed by atoms with E-state index in [0.29, 0.717) is 32.4 Å². The number of benzene rings is 1. The number of carbonyl (C=O) groups excluding carboxylic acids is 2. The van der Waals surface area contributed by atoms with Crippen molar-refractivity contribution >= 4 is 12.0 Å². The monoisotopic (exact) mass is 495 g/mol. The van der Waals surface area contributed by atoms with E-state index in [0.717, 1.165) is 36.0 Å². The molecule has 0 spiro atoms. The van der Waals surface area contributed by atoms with Crippen molar-refractivity contribution < 1.29 is 19.1 Å². The van der Waals surface area contributed by atoms with Gasteiger partial charge in [0, 0.05) is 25.3 Å². The summed E-state index contributed by atoms with van der Waals surface area (Å²) in [5.41, 5.74) is 1.20. The Bertz CT molecular complexity index is 1060. The lowest BCUT2D eigenvalue weighted by atomic mass is 9.80. The first-order chi connectivity index (χ1) is 17.1. The van der Waals surface area contributed by atoms with Crippen LogP contribution >= 0.6 is 0 Å². The second-order valence-electron chi connectivity index (χ2n) is 10.3. The van der Waals surface area contributed by atoms with Gasteiger partial charge in [-0.05, 0) is 44.7 Å². The molecule has 1 atom stereocenters. The van der Waals surface area contributed by atoms with E-state index in [1.54, 1.807) is 27.9 Å². The molecule has 2 aromatic rings. The maximum absolute atomic E-state index is 13.3. The zero-order chi connectivity index (χ0) is 26.2. The Morgan fingerprint density at radius 1 is 1.17 bits per heavy atom. The standard InChI is InChI=1S/C27H37N5O4/c1-26(2,3)36-25(34)31-27(12-6-5-7-13-27)24(33)30-23(17-28)16-20-8-10-21(11-9-20)22-18-29-32(19-22)14-15-35-4/h8-11,18-19,23H,5-7,12-16H2,1-4H3,(H,30,33)(H,31,34).